The summed E-state index contributed by atoms with van der Waals surface area (Å²) in [5.41, 5.74) is 0.665. The molecule has 2 heterocycles. The van der Waals surface area contributed by atoms with Crippen molar-refractivity contribution in [3.63, 3.8) is 0 Å². The van der Waals surface area contributed by atoms with Gasteiger partial charge in [0.2, 0.25) is 0 Å². The molecule has 0 saturated carbocycles. The largest absolute Gasteiger partial charge is 0.356 e. The van der Waals surface area contributed by atoms with E-state index >= 15 is 0 Å². The second-order valence-electron chi connectivity index (χ2n) is 4.55. The molecule has 3 rings (SSSR count). The maximum Gasteiger partial charge on any atom is 0.154 e. The van der Waals surface area contributed by atoms with E-state index in [4.69, 9.17) is 4.74 Å². The van der Waals surface area contributed by atoms with Gasteiger partial charge in [-0.05, 0) is 35.2 Å². The Kier molecular flexibility index (Phi) is 3.36. The zero-order chi connectivity index (χ0) is 13.4. The Morgan fingerprint density at radius 2 is 2.37 bits per heavy atom. The summed E-state index contributed by atoms with van der Waals surface area (Å²) in [6.45, 7) is 0.697. The van der Waals surface area contributed by atoms with Crippen LogP contribution in [-0.4, -0.2) is 22.7 Å². The number of fused-ring (bicyclic) bond motifs is 1. The van der Waals surface area contributed by atoms with Crippen LogP contribution in [0.15, 0.2) is 16.7 Å². The number of hydrogen-bond donors (Lipinski definition) is 0. The third-order valence-corrected chi connectivity index (χ3v) is 4.23. The number of hydrogen-bond acceptors (Lipinski definition) is 3. The standard InChI is InChI=1S/C13H12BrFN2O2/c14-13-8-6-16-17(12-3-1-2-4-19-12)11(8)5-10(15)9(13)7-18/h5-7,12H,1-4H2. The van der Waals surface area contributed by atoms with E-state index in [2.05, 4.69) is 21.0 Å². The van der Waals surface area contributed by atoms with Crippen molar-refractivity contribution in [3.8, 4) is 0 Å². The Bertz CT molecular complexity index is 635. The normalized spacial score (nSPS) is 19.8. The molecular formula is C13H12BrFN2O2. The topological polar surface area (TPSA) is 44.1 Å². The molecule has 1 aliphatic rings. The highest BCUT2D eigenvalue weighted by atomic mass is 79.9. The predicted octanol–water partition coefficient (Wildman–Crippen LogP) is 3.45. The van der Waals surface area contributed by atoms with Gasteiger partial charge in [-0.2, -0.15) is 5.10 Å². The second-order valence-corrected chi connectivity index (χ2v) is 5.34. The molecule has 0 bridgehead atoms. The van der Waals surface area contributed by atoms with Crippen molar-refractivity contribution in [1.29, 1.82) is 0 Å². The van der Waals surface area contributed by atoms with Gasteiger partial charge in [0.25, 0.3) is 0 Å². The van der Waals surface area contributed by atoms with Crippen LogP contribution in [0.2, 0.25) is 0 Å². The number of carbonyl (C=O) groups excluding carboxylic acids is 1. The van der Waals surface area contributed by atoms with E-state index in [-0.39, 0.29) is 11.8 Å². The molecule has 0 amide bonds. The van der Waals surface area contributed by atoms with Gasteiger partial charge in [-0.25, -0.2) is 9.07 Å². The minimum Gasteiger partial charge on any atom is -0.356 e. The third kappa shape index (κ3) is 2.08. The van der Waals surface area contributed by atoms with Crippen LogP contribution in [0.25, 0.3) is 10.9 Å². The molecule has 1 saturated heterocycles. The van der Waals surface area contributed by atoms with Crippen molar-refractivity contribution in [2.75, 3.05) is 6.61 Å². The lowest BCUT2D eigenvalue weighted by Gasteiger charge is -2.23. The molecule has 1 atom stereocenters. The first-order valence-corrected chi connectivity index (χ1v) is 6.93. The minimum absolute atomic E-state index is 0.0246. The van der Waals surface area contributed by atoms with E-state index < -0.39 is 5.82 Å². The first kappa shape index (κ1) is 12.7. The molecule has 1 aromatic carbocycles. The number of aldehydes is 1. The van der Waals surface area contributed by atoms with Gasteiger partial charge in [0, 0.05) is 22.5 Å². The summed E-state index contributed by atoms with van der Waals surface area (Å²) in [4.78, 5) is 10.9. The van der Waals surface area contributed by atoms with Crippen LogP contribution in [-0.2, 0) is 4.74 Å². The van der Waals surface area contributed by atoms with Crippen molar-refractivity contribution in [3.05, 3.63) is 28.1 Å². The summed E-state index contributed by atoms with van der Waals surface area (Å²) >= 11 is 3.26. The van der Waals surface area contributed by atoms with Gasteiger partial charge in [-0.1, -0.05) is 0 Å². The summed E-state index contributed by atoms with van der Waals surface area (Å²) < 4.78 is 21.7. The average Bonchev–Trinajstić information content (AvgIpc) is 2.84. The van der Waals surface area contributed by atoms with E-state index in [0.29, 0.717) is 22.9 Å². The van der Waals surface area contributed by atoms with Crippen LogP contribution >= 0.6 is 15.9 Å². The number of ether oxygens (including phenoxy) is 1. The van der Waals surface area contributed by atoms with Gasteiger partial charge in [0.1, 0.15) is 5.82 Å². The van der Waals surface area contributed by atoms with Gasteiger partial charge < -0.3 is 4.74 Å². The fraction of sp³-hybridized carbons (Fsp3) is 0.385. The highest BCUT2D eigenvalue weighted by Gasteiger charge is 2.21. The highest BCUT2D eigenvalue weighted by Crippen LogP contribution is 2.32. The molecule has 2 aromatic rings. The van der Waals surface area contributed by atoms with Gasteiger partial charge in [0.05, 0.1) is 17.3 Å². The molecular weight excluding hydrogens is 315 g/mol. The summed E-state index contributed by atoms with van der Waals surface area (Å²) in [6, 6.07) is 1.34. The van der Waals surface area contributed by atoms with Crippen LogP contribution < -0.4 is 0 Å². The zero-order valence-electron chi connectivity index (χ0n) is 10.1. The van der Waals surface area contributed by atoms with Crippen LogP contribution in [0.3, 0.4) is 0 Å². The third-order valence-electron chi connectivity index (χ3n) is 3.37. The molecule has 0 spiro atoms. The van der Waals surface area contributed by atoms with E-state index in [1.54, 1.807) is 10.9 Å². The lowest BCUT2D eigenvalue weighted by Crippen LogP contribution is -2.19. The number of benzene rings is 1. The van der Waals surface area contributed by atoms with E-state index in [1.807, 2.05) is 0 Å². The van der Waals surface area contributed by atoms with Crippen molar-refractivity contribution in [2.24, 2.45) is 0 Å². The fourth-order valence-corrected chi connectivity index (χ4v) is 2.97. The number of aromatic nitrogens is 2. The number of nitrogens with zero attached hydrogens (tertiary/aromatic N) is 2. The highest BCUT2D eigenvalue weighted by molar-refractivity contribution is 9.10. The molecule has 100 valence electrons. The van der Waals surface area contributed by atoms with Crippen molar-refractivity contribution < 1.29 is 13.9 Å². The zero-order valence-corrected chi connectivity index (χ0v) is 11.7. The molecule has 1 fully saturated rings. The first-order valence-electron chi connectivity index (χ1n) is 6.14. The molecule has 1 aromatic heterocycles. The maximum absolute atomic E-state index is 13.9. The lowest BCUT2D eigenvalue weighted by atomic mass is 10.1. The molecule has 0 N–H and O–H groups in total. The van der Waals surface area contributed by atoms with Gasteiger partial charge >= 0.3 is 0 Å². The van der Waals surface area contributed by atoms with E-state index in [0.717, 1.165) is 24.6 Å². The van der Waals surface area contributed by atoms with Crippen molar-refractivity contribution in [1.82, 2.24) is 9.78 Å². The van der Waals surface area contributed by atoms with Crippen LogP contribution in [0.1, 0.15) is 35.8 Å². The van der Waals surface area contributed by atoms with Crippen molar-refractivity contribution >= 4 is 33.1 Å². The quantitative estimate of drug-likeness (QED) is 0.794. The Morgan fingerprint density at radius 3 is 3.05 bits per heavy atom. The lowest BCUT2D eigenvalue weighted by molar-refractivity contribution is -0.0366. The van der Waals surface area contributed by atoms with Crippen molar-refractivity contribution in [2.45, 2.75) is 25.5 Å². The van der Waals surface area contributed by atoms with Crippen LogP contribution in [0.5, 0.6) is 0 Å². The van der Waals surface area contributed by atoms with E-state index in [9.17, 15) is 9.18 Å². The SMILES string of the molecule is O=Cc1c(F)cc2c(cnn2C2CCCCO2)c1Br. The number of carbonyl (C=O) groups is 1. The molecule has 0 aliphatic carbocycles. The first-order chi connectivity index (χ1) is 9.22. The smallest absolute Gasteiger partial charge is 0.154 e. The predicted molar refractivity (Wildman–Crippen MR) is 71.6 cm³/mol. The van der Waals surface area contributed by atoms with Gasteiger partial charge in [-0.3, -0.25) is 4.79 Å². The molecule has 4 nitrogen and oxygen atoms in total. The van der Waals surface area contributed by atoms with E-state index in [1.165, 1.54) is 6.07 Å². The number of halogens is 2. The second kappa shape index (κ2) is 5.02. The van der Waals surface area contributed by atoms with Crippen LogP contribution in [0, 0.1) is 5.82 Å². The Morgan fingerprint density at radius 1 is 1.53 bits per heavy atom. The molecule has 6 heteroatoms. The molecule has 1 aliphatic heterocycles. The fourth-order valence-electron chi connectivity index (χ4n) is 2.39. The van der Waals surface area contributed by atoms with Gasteiger partial charge in [-0.15, -0.1) is 0 Å². The van der Waals surface area contributed by atoms with Crippen LogP contribution in [0.4, 0.5) is 4.39 Å². The summed E-state index contributed by atoms with van der Waals surface area (Å²) in [5, 5.41) is 5.00. The maximum atomic E-state index is 13.9. The molecule has 19 heavy (non-hydrogen) atoms. The minimum atomic E-state index is -0.549. The average molecular weight is 327 g/mol. The Hall–Kier alpha value is -1.27. The molecule has 0 radical (unpaired) electrons. The van der Waals surface area contributed by atoms with Gasteiger partial charge in [0.15, 0.2) is 12.5 Å². The number of rotatable bonds is 2. The summed E-state index contributed by atoms with van der Waals surface area (Å²) in [5.74, 6) is -0.549. The summed E-state index contributed by atoms with van der Waals surface area (Å²) in [7, 11) is 0. The summed E-state index contributed by atoms with van der Waals surface area (Å²) in [6.07, 6.45) is 4.97. The molecule has 1 unspecified atom stereocenters. The Balaban J connectivity index is 2.15. The Labute approximate surface area is 117 Å². The monoisotopic (exact) mass is 326 g/mol.